The first kappa shape index (κ1) is 19.7. The van der Waals surface area contributed by atoms with E-state index in [1.165, 1.54) is 0 Å². The number of rotatable bonds is 8. The highest BCUT2D eigenvalue weighted by Crippen LogP contribution is 2.36. The molecule has 1 aromatic heterocycles. The number of carbonyl (C=O) groups excluding carboxylic acids is 2. The molecule has 1 aromatic carbocycles. The number of aromatic nitrogens is 1. The second-order valence-corrected chi connectivity index (χ2v) is 6.44. The molecule has 2 aromatic rings. The van der Waals surface area contributed by atoms with Crippen molar-refractivity contribution in [3.8, 4) is 11.5 Å². The largest absolute Gasteiger partial charge is 0.462 e. The van der Waals surface area contributed by atoms with E-state index in [0.717, 1.165) is 25.7 Å². The van der Waals surface area contributed by atoms with Gasteiger partial charge < -0.3 is 19.5 Å². The number of ether oxygens (including phenoxy) is 3. The molecular weight excluding hydrogens is 362 g/mol. The molecule has 0 unspecified atom stereocenters. The Kier molecular flexibility index (Phi) is 6.52. The lowest BCUT2D eigenvalue weighted by atomic mass is 10.1. The predicted octanol–water partition coefficient (Wildman–Crippen LogP) is 3.84. The van der Waals surface area contributed by atoms with Crippen molar-refractivity contribution in [2.75, 3.05) is 25.3 Å². The smallest absolute Gasteiger partial charge is 0.341 e. The lowest BCUT2D eigenvalue weighted by Crippen LogP contribution is -2.30. The van der Waals surface area contributed by atoms with Crippen molar-refractivity contribution in [1.29, 1.82) is 0 Å². The van der Waals surface area contributed by atoms with Crippen LogP contribution in [0.4, 0.5) is 10.6 Å². The zero-order valence-electron chi connectivity index (χ0n) is 16.2. The minimum absolute atomic E-state index is 0.141. The zero-order valence-corrected chi connectivity index (χ0v) is 16.2. The van der Waals surface area contributed by atoms with Crippen LogP contribution in [0.3, 0.4) is 0 Å². The Labute approximate surface area is 163 Å². The van der Waals surface area contributed by atoms with Crippen LogP contribution in [-0.4, -0.2) is 36.9 Å². The molecule has 3 rings (SSSR count). The third-order valence-corrected chi connectivity index (χ3v) is 4.35. The van der Waals surface area contributed by atoms with Crippen LogP contribution in [0.5, 0.6) is 11.5 Å². The SMILES string of the molecule is CCCCCCNC(=O)Nc1nc2cc3c(cc2cc1C(=O)OCC)OCO3. The highest BCUT2D eigenvalue weighted by Gasteiger charge is 2.20. The van der Waals surface area contributed by atoms with E-state index in [-0.39, 0.29) is 24.8 Å². The van der Waals surface area contributed by atoms with E-state index in [1.54, 1.807) is 25.1 Å². The lowest BCUT2D eigenvalue weighted by Gasteiger charge is -2.12. The molecule has 28 heavy (non-hydrogen) atoms. The number of amides is 2. The molecule has 0 bridgehead atoms. The number of hydrogen-bond donors (Lipinski definition) is 2. The molecule has 0 saturated heterocycles. The molecule has 0 aliphatic carbocycles. The molecule has 0 fully saturated rings. The number of nitrogens with one attached hydrogen (secondary N) is 2. The monoisotopic (exact) mass is 387 g/mol. The molecule has 0 spiro atoms. The molecule has 0 radical (unpaired) electrons. The molecule has 2 amide bonds. The Morgan fingerprint density at radius 2 is 1.89 bits per heavy atom. The zero-order chi connectivity index (χ0) is 19.9. The number of fused-ring (bicyclic) bond motifs is 2. The summed E-state index contributed by atoms with van der Waals surface area (Å²) in [6.07, 6.45) is 4.24. The van der Waals surface area contributed by atoms with Gasteiger partial charge in [0.15, 0.2) is 11.5 Å². The molecule has 0 saturated carbocycles. The Balaban J connectivity index is 1.81. The minimum Gasteiger partial charge on any atom is -0.462 e. The van der Waals surface area contributed by atoms with Gasteiger partial charge in [0.1, 0.15) is 11.4 Å². The summed E-state index contributed by atoms with van der Waals surface area (Å²) in [7, 11) is 0. The summed E-state index contributed by atoms with van der Waals surface area (Å²) in [6.45, 7) is 4.78. The number of nitrogens with zero attached hydrogens (tertiary/aromatic N) is 1. The first-order chi connectivity index (χ1) is 13.6. The summed E-state index contributed by atoms with van der Waals surface area (Å²) in [5, 5.41) is 6.15. The maximum Gasteiger partial charge on any atom is 0.341 e. The van der Waals surface area contributed by atoms with Crippen LogP contribution in [-0.2, 0) is 4.74 Å². The second kappa shape index (κ2) is 9.25. The number of anilines is 1. The van der Waals surface area contributed by atoms with Gasteiger partial charge >= 0.3 is 12.0 Å². The van der Waals surface area contributed by atoms with Gasteiger partial charge in [-0.25, -0.2) is 14.6 Å². The number of unbranched alkanes of at least 4 members (excludes halogenated alkanes) is 3. The molecule has 0 atom stereocenters. The molecule has 8 nitrogen and oxygen atoms in total. The van der Waals surface area contributed by atoms with Gasteiger partial charge in [-0.15, -0.1) is 0 Å². The van der Waals surface area contributed by atoms with Gasteiger partial charge in [-0.1, -0.05) is 26.2 Å². The molecule has 2 heterocycles. The Morgan fingerprint density at radius 1 is 1.11 bits per heavy atom. The van der Waals surface area contributed by atoms with Gasteiger partial charge in [-0.3, -0.25) is 5.32 Å². The molecular formula is C20H25N3O5. The summed E-state index contributed by atoms with van der Waals surface area (Å²) in [5.74, 6) is 0.772. The van der Waals surface area contributed by atoms with Crippen LogP contribution in [0, 0.1) is 0 Å². The Hall–Kier alpha value is -3.03. The fourth-order valence-electron chi connectivity index (χ4n) is 2.93. The summed E-state index contributed by atoms with van der Waals surface area (Å²) in [4.78, 5) is 29.1. The van der Waals surface area contributed by atoms with Crippen molar-refractivity contribution in [3.05, 3.63) is 23.8 Å². The van der Waals surface area contributed by atoms with Crippen LogP contribution >= 0.6 is 0 Å². The first-order valence-corrected chi connectivity index (χ1v) is 9.58. The van der Waals surface area contributed by atoms with Crippen molar-refractivity contribution >= 4 is 28.7 Å². The average molecular weight is 387 g/mol. The van der Waals surface area contributed by atoms with Gasteiger partial charge in [-0.2, -0.15) is 0 Å². The van der Waals surface area contributed by atoms with Crippen molar-refractivity contribution in [1.82, 2.24) is 10.3 Å². The van der Waals surface area contributed by atoms with E-state index < -0.39 is 12.0 Å². The molecule has 2 N–H and O–H groups in total. The van der Waals surface area contributed by atoms with E-state index >= 15 is 0 Å². The van der Waals surface area contributed by atoms with Crippen molar-refractivity contribution in [3.63, 3.8) is 0 Å². The molecule has 1 aliphatic heterocycles. The molecule has 1 aliphatic rings. The number of urea groups is 1. The highest BCUT2D eigenvalue weighted by atomic mass is 16.7. The van der Waals surface area contributed by atoms with E-state index in [4.69, 9.17) is 14.2 Å². The average Bonchev–Trinajstić information content (AvgIpc) is 3.13. The van der Waals surface area contributed by atoms with E-state index in [0.29, 0.717) is 28.9 Å². The molecule has 8 heteroatoms. The van der Waals surface area contributed by atoms with Crippen LogP contribution < -0.4 is 20.1 Å². The Morgan fingerprint density at radius 3 is 2.64 bits per heavy atom. The number of carbonyl (C=O) groups is 2. The fourth-order valence-corrected chi connectivity index (χ4v) is 2.93. The summed E-state index contributed by atoms with van der Waals surface area (Å²) >= 11 is 0. The number of pyridine rings is 1. The predicted molar refractivity (Wildman–Crippen MR) is 105 cm³/mol. The fraction of sp³-hybridized carbons (Fsp3) is 0.450. The summed E-state index contributed by atoms with van der Waals surface area (Å²) in [6, 6.07) is 4.71. The van der Waals surface area contributed by atoms with Crippen molar-refractivity contribution in [2.24, 2.45) is 0 Å². The molecule has 150 valence electrons. The van der Waals surface area contributed by atoms with Crippen LogP contribution in [0.15, 0.2) is 18.2 Å². The quantitative estimate of drug-likeness (QED) is 0.527. The van der Waals surface area contributed by atoms with E-state index in [1.807, 2.05) is 0 Å². The van der Waals surface area contributed by atoms with E-state index in [9.17, 15) is 9.59 Å². The van der Waals surface area contributed by atoms with Gasteiger partial charge in [-0.05, 0) is 25.5 Å². The second-order valence-electron chi connectivity index (χ2n) is 6.44. The third kappa shape index (κ3) is 4.62. The normalized spacial score (nSPS) is 12.1. The van der Waals surface area contributed by atoms with Crippen molar-refractivity contribution < 1.29 is 23.8 Å². The summed E-state index contributed by atoms with van der Waals surface area (Å²) < 4.78 is 15.9. The Bertz CT molecular complexity index is 869. The van der Waals surface area contributed by atoms with Crippen LogP contribution in [0.1, 0.15) is 49.9 Å². The first-order valence-electron chi connectivity index (χ1n) is 9.58. The van der Waals surface area contributed by atoms with Gasteiger partial charge in [0.05, 0.1) is 12.1 Å². The maximum atomic E-state index is 12.4. The van der Waals surface area contributed by atoms with Crippen LogP contribution in [0.25, 0.3) is 10.9 Å². The van der Waals surface area contributed by atoms with Crippen molar-refractivity contribution in [2.45, 2.75) is 39.5 Å². The summed E-state index contributed by atoms with van der Waals surface area (Å²) in [5.41, 5.74) is 0.768. The number of esters is 1. The topological polar surface area (TPSA) is 98.8 Å². The number of hydrogen-bond acceptors (Lipinski definition) is 6. The van der Waals surface area contributed by atoms with Gasteiger partial charge in [0, 0.05) is 18.0 Å². The van der Waals surface area contributed by atoms with E-state index in [2.05, 4.69) is 22.5 Å². The third-order valence-electron chi connectivity index (χ3n) is 4.35. The maximum absolute atomic E-state index is 12.4. The minimum atomic E-state index is -0.548. The number of benzene rings is 1. The highest BCUT2D eigenvalue weighted by molar-refractivity contribution is 6.03. The standard InChI is InChI=1S/C20H25N3O5/c1-3-5-6-7-8-21-20(25)23-18-14(19(24)26-4-2)9-13-10-16-17(28-12-27-16)11-15(13)22-18/h9-11H,3-8,12H2,1-2H3,(H2,21,22,23,25). The van der Waals surface area contributed by atoms with Gasteiger partial charge in [0.25, 0.3) is 0 Å². The van der Waals surface area contributed by atoms with Gasteiger partial charge in [0.2, 0.25) is 6.79 Å². The van der Waals surface area contributed by atoms with Crippen LogP contribution in [0.2, 0.25) is 0 Å². The lowest BCUT2D eigenvalue weighted by molar-refractivity contribution is 0.0527.